The highest BCUT2D eigenvalue weighted by molar-refractivity contribution is 5.77. The van der Waals surface area contributed by atoms with E-state index in [2.05, 4.69) is 12.2 Å². The lowest BCUT2D eigenvalue weighted by Gasteiger charge is -2.32. The summed E-state index contributed by atoms with van der Waals surface area (Å²) >= 11 is 0. The fourth-order valence-electron chi connectivity index (χ4n) is 2.67. The van der Waals surface area contributed by atoms with E-state index in [0.29, 0.717) is 12.3 Å². The molecular weight excluding hydrogens is 266 g/mol. The van der Waals surface area contributed by atoms with Crippen LogP contribution in [0.2, 0.25) is 0 Å². The van der Waals surface area contributed by atoms with Gasteiger partial charge in [0.25, 0.3) is 5.91 Å². The van der Waals surface area contributed by atoms with E-state index in [4.69, 9.17) is 4.74 Å². The first-order valence-corrected chi connectivity index (χ1v) is 7.82. The number of nitrogens with one attached hydrogen (secondary N) is 1. The zero-order chi connectivity index (χ0) is 15.1. The van der Waals surface area contributed by atoms with Crippen LogP contribution in [0.3, 0.4) is 0 Å². The Hall–Kier alpha value is -1.55. The summed E-state index contributed by atoms with van der Waals surface area (Å²) in [7, 11) is 0. The van der Waals surface area contributed by atoms with E-state index < -0.39 is 5.60 Å². The second kappa shape index (κ2) is 7.46. The van der Waals surface area contributed by atoms with Crippen molar-refractivity contribution in [1.29, 1.82) is 0 Å². The first-order valence-electron chi connectivity index (χ1n) is 7.82. The predicted molar refractivity (Wildman–Crippen MR) is 82.4 cm³/mol. The number of carbonyl (C=O) groups is 1. The predicted octanol–water partition coefficient (Wildman–Crippen LogP) is 2.44. The van der Waals surface area contributed by atoms with Gasteiger partial charge in [0.1, 0.15) is 5.75 Å². The van der Waals surface area contributed by atoms with Crippen LogP contribution in [0, 0.1) is 0 Å². The summed E-state index contributed by atoms with van der Waals surface area (Å²) in [6.07, 6.45) is 5.77. The third-order valence-corrected chi connectivity index (χ3v) is 4.10. The van der Waals surface area contributed by atoms with E-state index in [1.807, 2.05) is 24.3 Å². The molecule has 2 N–H and O–H groups in total. The van der Waals surface area contributed by atoms with E-state index >= 15 is 0 Å². The zero-order valence-electron chi connectivity index (χ0n) is 12.7. The second-order valence-corrected chi connectivity index (χ2v) is 5.85. The monoisotopic (exact) mass is 291 g/mol. The van der Waals surface area contributed by atoms with Crippen LogP contribution in [-0.4, -0.2) is 29.8 Å². The molecule has 0 heterocycles. The largest absolute Gasteiger partial charge is 0.484 e. The Kier molecular flexibility index (Phi) is 5.62. The molecule has 0 radical (unpaired) electrons. The molecule has 116 valence electrons. The average Bonchev–Trinajstić information content (AvgIpc) is 2.52. The molecule has 4 heteroatoms. The molecule has 0 atom stereocenters. The Morgan fingerprint density at radius 1 is 1.24 bits per heavy atom. The summed E-state index contributed by atoms with van der Waals surface area (Å²) in [5.41, 5.74) is 0.516. The van der Waals surface area contributed by atoms with Gasteiger partial charge in [0.15, 0.2) is 6.61 Å². The molecule has 0 spiro atoms. The molecule has 2 rings (SSSR count). The van der Waals surface area contributed by atoms with Crippen molar-refractivity contribution < 1.29 is 14.6 Å². The van der Waals surface area contributed by atoms with Crippen molar-refractivity contribution in [1.82, 2.24) is 5.32 Å². The highest BCUT2D eigenvalue weighted by Gasteiger charge is 2.29. The molecule has 0 aromatic heterocycles. The van der Waals surface area contributed by atoms with Gasteiger partial charge in [-0.05, 0) is 37.0 Å². The van der Waals surface area contributed by atoms with Gasteiger partial charge in [0, 0.05) is 6.54 Å². The molecule has 1 amide bonds. The van der Waals surface area contributed by atoms with Gasteiger partial charge in [-0.15, -0.1) is 0 Å². The van der Waals surface area contributed by atoms with Crippen LogP contribution in [0.25, 0.3) is 0 Å². The Morgan fingerprint density at radius 2 is 1.90 bits per heavy atom. The van der Waals surface area contributed by atoms with Gasteiger partial charge in [0.2, 0.25) is 0 Å². The molecule has 0 unspecified atom stereocenters. The van der Waals surface area contributed by atoms with Crippen molar-refractivity contribution in [2.45, 2.75) is 51.0 Å². The van der Waals surface area contributed by atoms with E-state index in [1.165, 1.54) is 12.0 Å². The molecule has 1 fully saturated rings. The van der Waals surface area contributed by atoms with Crippen molar-refractivity contribution in [3.63, 3.8) is 0 Å². The van der Waals surface area contributed by atoms with Crippen LogP contribution < -0.4 is 10.1 Å². The molecule has 0 bridgehead atoms. The Bertz CT molecular complexity index is 450. The van der Waals surface area contributed by atoms with Gasteiger partial charge in [-0.3, -0.25) is 4.79 Å². The lowest BCUT2D eigenvalue weighted by atomic mass is 9.85. The number of amides is 1. The van der Waals surface area contributed by atoms with Crippen molar-refractivity contribution in [2.75, 3.05) is 13.2 Å². The summed E-state index contributed by atoms with van der Waals surface area (Å²) in [6, 6.07) is 7.75. The minimum absolute atomic E-state index is 0.0123. The number of aryl methyl sites for hydroxylation is 1. The molecule has 0 aliphatic heterocycles. The highest BCUT2D eigenvalue weighted by Crippen LogP contribution is 2.27. The third kappa shape index (κ3) is 5.05. The quantitative estimate of drug-likeness (QED) is 0.846. The number of carbonyl (C=O) groups excluding carboxylic acids is 1. The maximum Gasteiger partial charge on any atom is 0.258 e. The zero-order valence-corrected chi connectivity index (χ0v) is 12.7. The fourth-order valence-corrected chi connectivity index (χ4v) is 2.67. The summed E-state index contributed by atoms with van der Waals surface area (Å²) < 4.78 is 5.45. The highest BCUT2D eigenvalue weighted by atomic mass is 16.5. The maximum absolute atomic E-state index is 11.8. The molecule has 1 saturated carbocycles. The number of hydrogen-bond acceptors (Lipinski definition) is 3. The fraction of sp³-hybridized carbons (Fsp3) is 0.588. The molecule has 1 aromatic carbocycles. The minimum atomic E-state index is -0.726. The van der Waals surface area contributed by atoms with Crippen LogP contribution in [0.5, 0.6) is 5.75 Å². The molecule has 1 aliphatic carbocycles. The summed E-state index contributed by atoms with van der Waals surface area (Å²) in [5, 5.41) is 13.1. The smallest absolute Gasteiger partial charge is 0.258 e. The summed E-state index contributed by atoms with van der Waals surface area (Å²) in [5.74, 6) is 0.507. The van der Waals surface area contributed by atoms with E-state index in [-0.39, 0.29) is 12.5 Å². The molecule has 1 aromatic rings. The number of ether oxygens (including phenoxy) is 1. The molecule has 21 heavy (non-hydrogen) atoms. The summed E-state index contributed by atoms with van der Waals surface area (Å²) in [4.78, 5) is 11.8. The van der Waals surface area contributed by atoms with E-state index in [9.17, 15) is 9.90 Å². The third-order valence-electron chi connectivity index (χ3n) is 4.10. The number of aliphatic hydroxyl groups is 1. The van der Waals surface area contributed by atoms with Crippen LogP contribution in [-0.2, 0) is 11.2 Å². The number of rotatable bonds is 6. The molecule has 0 saturated heterocycles. The average molecular weight is 291 g/mol. The van der Waals surface area contributed by atoms with Gasteiger partial charge < -0.3 is 15.2 Å². The number of benzene rings is 1. The minimum Gasteiger partial charge on any atom is -0.484 e. The van der Waals surface area contributed by atoms with Gasteiger partial charge >= 0.3 is 0 Å². The maximum atomic E-state index is 11.8. The van der Waals surface area contributed by atoms with Crippen LogP contribution in [0.15, 0.2) is 24.3 Å². The van der Waals surface area contributed by atoms with Gasteiger partial charge in [-0.25, -0.2) is 0 Å². The number of hydrogen-bond donors (Lipinski definition) is 2. The first kappa shape index (κ1) is 15.8. The summed E-state index contributed by atoms with van der Waals surface area (Å²) in [6.45, 7) is 2.41. The lowest BCUT2D eigenvalue weighted by Crippen LogP contribution is -2.45. The van der Waals surface area contributed by atoms with Crippen LogP contribution in [0.1, 0.15) is 44.6 Å². The Balaban J connectivity index is 1.71. The van der Waals surface area contributed by atoms with Gasteiger partial charge in [-0.1, -0.05) is 38.3 Å². The van der Waals surface area contributed by atoms with Crippen molar-refractivity contribution in [2.24, 2.45) is 0 Å². The second-order valence-electron chi connectivity index (χ2n) is 5.85. The van der Waals surface area contributed by atoms with Crippen LogP contribution in [0.4, 0.5) is 0 Å². The standard InChI is InChI=1S/C17H25NO3/c1-2-14-6-8-15(9-7-14)21-12-16(19)18-13-17(20)10-4-3-5-11-17/h6-9,20H,2-5,10-13H2,1H3,(H,18,19). The van der Waals surface area contributed by atoms with E-state index in [0.717, 1.165) is 32.1 Å². The van der Waals surface area contributed by atoms with Crippen LogP contribution >= 0.6 is 0 Å². The Labute approximate surface area is 126 Å². The molecule has 4 nitrogen and oxygen atoms in total. The topological polar surface area (TPSA) is 58.6 Å². The molecular formula is C17H25NO3. The first-order chi connectivity index (χ1) is 10.1. The lowest BCUT2D eigenvalue weighted by molar-refractivity contribution is -0.124. The van der Waals surface area contributed by atoms with Crippen molar-refractivity contribution in [3.05, 3.63) is 29.8 Å². The Morgan fingerprint density at radius 3 is 2.52 bits per heavy atom. The van der Waals surface area contributed by atoms with E-state index in [1.54, 1.807) is 0 Å². The molecule has 1 aliphatic rings. The SMILES string of the molecule is CCc1ccc(OCC(=O)NCC2(O)CCCCC2)cc1. The van der Waals surface area contributed by atoms with Gasteiger partial charge in [0.05, 0.1) is 5.60 Å². The normalized spacial score (nSPS) is 17.2. The van der Waals surface area contributed by atoms with Crippen molar-refractivity contribution >= 4 is 5.91 Å². The van der Waals surface area contributed by atoms with Crippen molar-refractivity contribution in [3.8, 4) is 5.75 Å². The van der Waals surface area contributed by atoms with Gasteiger partial charge in [-0.2, -0.15) is 0 Å².